The smallest absolute Gasteiger partial charge is 0.270 e. The number of hydrogen-bond donors (Lipinski definition) is 1. The van der Waals surface area contributed by atoms with Gasteiger partial charge in [-0.25, -0.2) is 0 Å². The summed E-state index contributed by atoms with van der Waals surface area (Å²) in [5.74, 6) is 0.530. The fourth-order valence-electron chi connectivity index (χ4n) is 2.07. The minimum atomic E-state index is -0.554. The maximum Gasteiger partial charge on any atom is 0.270 e. The average Bonchev–Trinajstić information content (AvgIpc) is 2.60. The van der Waals surface area contributed by atoms with E-state index in [4.69, 9.17) is 21.1 Å². The normalized spacial score (nSPS) is 10.1. The van der Waals surface area contributed by atoms with E-state index in [0.29, 0.717) is 22.1 Å². The van der Waals surface area contributed by atoms with Crippen molar-refractivity contribution in [3.05, 3.63) is 62.7 Å². The summed E-state index contributed by atoms with van der Waals surface area (Å²) in [4.78, 5) is 22.4. The molecule has 0 aliphatic carbocycles. The summed E-state index contributed by atoms with van der Waals surface area (Å²) in [5.41, 5.74) is 0.681. The molecule has 0 atom stereocenters. The number of benzene rings is 2. The third kappa shape index (κ3) is 3.94. The van der Waals surface area contributed by atoms with Crippen molar-refractivity contribution in [3.8, 4) is 11.5 Å². The van der Waals surface area contributed by atoms with Crippen LogP contribution in [0.2, 0.25) is 5.02 Å². The van der Waals surface area contributed by atoms with Crippen molar-refractivity contribution in [2.45, 2.75) is 6.54 Å². The summed E-state index contributed by atoms with van der Waals surface area (Å²) in [6, 6.07) is 8.74. The van der Waals surface area contributed by atoms with Crippen molar-refractivity contribution in [2.24, 2.45) is 0 Å². The Bertz CT molecular complexity index is 779. The van der Waals surface area contributed by atoms with Crippen LogP contribution < -0.4 is 14.8 Å². The molecule has 0 aromatic heterocycles. The Morgan fingerprint density at radius 2 is 1.88 bits per heavy atom. The predicted octanol–water partition coefficient (Wildman–Crippen LogP) is 3.20. The van der Waals surface area contributed by atoms with E-state index in [1.165, 1.54) is 38.5 Å². The average molecular weight is 351 g/mol. The fraction of sp³-hybridized carbons (Fsp3) is 0.188. The van der Waals surface area contributed by atoms with Crippen LogP contribution in [0.25, 0.3) is 0 Å². The molecule has 1 N–H and O–H groups in total. The molecular formula is C16H15ClN2O5. The first-order chi connectivity index (χ1) is 11.5. The lowest BCUT2D eigenvalue weighted by atomic mass is 10.1. The fourth-order valence-corrected chi connectivity index (χ4v) is 2.29. The van der Waals surface area contributed by atoms with Crippen LogP contribution in [-0.4, -0.2) is 25.1 Å². The highest BCUT2D eigenvalue weighted by Gasteiger charge is 2.13. The molecule has 0 unspecified atom stereocenters. The van der Waals surface area contributed by atoms with E-state index in [1.54, 1.807) is 12.1 Å². The summed E-state index contributed by atoms with van der Waals surface area (Å²) in [6.07, 6.45) is 0. The molecule has 0 heterocycles. The first-order valence-corrected chi connectivity index (χ1v) is 7.27. The van der Waals surface area contributed by atoms with Crippen LogP contribution in [0.15, 0.2) is 36.4 Å². The Balaban J connectivity index is 2.14. The van der Waals surface area contributed by atoms with Gasteiger partial charge in [-0.05, 0) is 17.7 Å². The number of ether oxygens (including phenoxy) is 2. The molecule has 126 valence electrons. The lowest BCUT2D eigenvalue weighted by Crippen LogP contribution is -2.23. The van der Waals surface area contributed by atoms with Gasteiger partial charge in [0.15, 0.2) is 11.5 Å². The second-order valence-corrected chi connectivity index (χ2v) is 5.20. The number of non-ortho nitro benzene ring substituents is 1. The first kappa shape index (κ1) is 17.6. The topological polar surface area (TPSA) is 90.7 Å². The van der Waals surface area contributed by atoms with Gasteiger partial charge in [-0.1, -0.05) is 17.7 Å². The highest BCUT2D eigenvalue weighted by molar-refractivity contribution is 6.31. The van der Waals surface area contributed by atoms with Gasteiger partial charge in [-0.2, -0.15) is 0 Å². The second kappa shape index (κ2) is 7.65. The Kier molecular flexibility index (Phi) is 5.59. The molecule has 0 saturated heterocycles. The van der Waals surface area contributed by atoms with E-state index in [1.807, 2.05) is 0 Å². The number of nitro benzene ring substituents is 1. The van der Waals surface area contributed by atoms with Crippen molar-refractivity contribution < 1.29 is 19.2 Å². The third-order valence-electron chi connectivity index (χ3n) is 3.31. The predicted molar refractivity (Wildman–Crippen MR) is 88.8 cm³/mol. The molecule has 0 fully saturated rings. The van der Waals surface area contributed by atoms with Gasteiger partial charge in [0.2, 0.25) is 0 Å². The Labute approximate surface area is 143 Å². The maximum absolute atomic E-state index is 12.1. The number of nitrogens with zero attached hydrogens (tertiary/aromatic N) is 1. The number of amides is 1. The highest BCUT2D eigenvalue weighted by Crippen LogP contribution is 2.33. The van der Waals surface area contributed by atoms with Crippen molar-refractivity contribution in [3.63, 3.8) is 0 Å². The second-order valence-electron chi connectivity index (χ2n) is 4.79. The zero-order chi connectivity index (χ0) is 17.7. The molecule has 1 amide bonds. The number of nitrogens with one attached hydrogen (secondary N) is 1. The van der Waals surface area contributed by atoms with Gasteiger partial charge >= 0.3 is 0 Å². The molecule has 7 nitrogen and oxygen atoms in total. The monoisotopic (exact) mass is 350 g/mol. The Morgan fingerprint density at radius 1 is 1.21 bits per heavy atom. The molecular weight excluding hydrogens is 336 g/mol. The number of halogens is 1. The molecule has 0 saturated carbocycles. The van der Waals surface area contributed by atoms with Gasteiger partial charge < -0.3 is 14.8 Å². The molecule has 2 aromatic rings. The van der Waals surface area contributed by atoms with Gasteiger partial charge in [0.05, 0.1) is 19.1 Å². The van der Waals surface area contributed by atoms with Gasteiger partial charge in [0.1, 0.15) is 0 Å². The molecule has 0 aliphatic heterocycles. The number of nitro groups is 1. The van der Waals surface area contributed by atoms with Crippen LogP contribution in [0.4, 0.5) is 5.69 Å². The van der Waals surface area contributed by atoms with Gasteiger partial charge in [0.25, 0.3) is 11.6 Å². The van der Waals surface area contributed by atoms with Crippen LogP contribution in [0.5, 0.6) is 11.5 Å². The lowest BCUT2D eigenvalue weighted by Gasteiger charge is -2.12. The van der Waals surface area contributed by atoms with Gasteiger partial charge in [-0.3, -0.25) is 14.9 Å². The summed E-state index contributed by atoms with van der Waals surface area (Å²) in [7, 11) is 3.00. The number of rotatable bonds is 6. The maximum atomic E-state index is 12.1. The Morgan fingerprint density at radius 3 is 2.50 bits per heavy atom. The third-order valence-corrected chi connectivity index (χ3v) is 3.66. The van der Waals surface area contributed by atoms with Crippen molar-refractivity contribution in [1.29, 1.82) is 0 Å². The molecule has 0 aliphatic rings. The standard InChI is InChI=1S/C16H15ClN2O5/c1-23-14-7-11(13(17)8-15(14)24-2)9-18-16(20)10-4-3-5-12(6-10)19(21)22/h3-8H,9H2,1-2H3,(H,18,20). The van der Waals surface area contributed by atoms with Gasteiger partial charge in [-0.15, -0.1) is 0 Å². The summed E-state index contributed by atoms with van der Waals surface area (Å²) in [6.45, 7) is 0.140. The zero-order valence-corrected chi connectivity index (χ0v) is 13.8. The van der Waals surface area contributed by atoms with E-state index in [-0.39, 0.29) is 17.8 Å². The quantitative estimate of drug-likeness (QED) is 0.638. The van der Waals surface area contributed by atoms with Crippen molar-refractivity contribution >= 4 is 23.2 Å². The first-order valence-electron chi connectivity index (χ1n) is 6.89. The molecule has 24 heavy (non-hydrogen) atoms. The largest absolute Gasteiger partial charge is 0.493 e. The van der Waals surface area contributed by atoms with Crippen LogP contribution in [0.3, 0.4) is 0 Å². The van der Waals surface area contributed by atoms with Crippen LogP contribution in [0, 0.1) is 10.1 Å². The molecule has 0 radical (unpaired) electrons. The van der Waals surface area contributed by atoms with Crippen LogP contribution in [-0.2, 0) is 6.54 Å². The molecule has 0 spiro atoms. The number of methoxy groups -OCH3 is 2. The molecule has 2 aromatic carbocycles. The summed E-state index contributed by atoms with van der Waals surface area (Å²) >= 11 is 6.16. The van der Waals surface area contributed by atoms with E-state index in [0.717, 1.165) is 0 Å². The minimum Gasteiger partial charge on any atom is -0.493 e. The molecule has 0 bridgehead atoms. The zero-order valence-electron chi connectivity index (χ0n) is 13.0. The van der Waals surface area contributed by atoms with E-state index < -0.39 is 10.8 Å². The number of carbonyl (C=O) groups is 1. The molecule has 2 rings (SSSR count). The van der Waals surface area contributed by atoms with Crippen LogP contribution in [0.1, 0.15) is 15.9 Å². The summed E-state index contributed by atoms with van der Waals surface area (Å²) < 4.78 is 10.3. The number of hydrogen-bond acceptors (Lipinski definition) is 5. The van der Waals surface area contributed by atoms with E-state index >= 15 is 0 Å². The van der Waals surface area contributed by atoms with Crippen molar-refractivity contribution in [1.82, 2.24) is 5.32 Å². The SMILES string of the molecule is COc1cc(Cl)c(CNC(=O)c2cccc([N+](=O)[O-])c2)cc1OC. The minimum absolute atomic E-state index is 0.140. The molecule has 8 heteroatoms. The lowest BCUT2D eigenvalue weighted by molar-refractivity contribution is -0.384. The highest BCUT2D eigenvalue weighted by atomic mass is 35.5. The van der Waals surface area contributed by atoms with Gasteiger partial charge in [0, 0.05) is 35.3 Å². The number of carbonyl (C=O) groups excluding carboxylic acids is 1. The van der Waals surface area contributed by atoms with E-state index in [2.05, 4.69) is 5.32 Å². The summed E-state index contributed by atoms with van der Waals surface area (Å²) in [5, 5.41) is 13.8. The van der Waals surface area contributed by atoms with E-state index in [9.17, 15) is 14.9 Å². The Hall–Kier alpha value is -2.80. The van der Waals surface area contributed by atoms with Crippen LogP contribution >= 0.6 is 11.6 Å². The van der Waals surface area contributed by atoms with Crippen molar-refractivity contribution in [2.75, 3.05) is 14.2 Å².